The van der Waals surface area contributed by atoms with Gasteiger partial charge in [0, 0.05) is 17.1 Å². The second-order valence-electron chi connectivity index (χ2n) is 4.04. The van der Waals surface area contributed by atoms with Crippen LogP contribution in [0.1, 0.15) is 11.3 Å². The number of hydrogen-bond donors (Lipinski definition) is 1. The van der Waals surface area contributed by atoms with Gasteiger partial charge in [-0.25, -0.2) is 0 Å². The molecule has 0 aliphatic carbocycles. The van der Waals surface area contributed by atoms with Gasteiger partial charge in [-0.1, -0.05) is 24.4 Å². The summed E-state index contributed by atoms with van der Waals surface area (Å²) in [4.78, 5) is 4.74. The minimum absolute atomic E-state index is 0.446. The molecule has 0 atom stereocenters. The van der Waals surface area contributed by atoms with Gasteiger partial charge in [-0.2, -0.15) is 0 Å². The number of nitrogens with zero attached hydrogens (tertiary/aromatic N) is 1. The van der Waals surface area contributed by atoms with Gasteiger partial charge in [0.1, 0.15) is 12.4 Å². The van der Waals surface area contributed by atoms with Crippen molar-refractivity contribution in [2.75, 3.05) is 0 Å². The molecule has 3 nitrogen and oxygen atoms in total. The maximum Gasteiger partial charge on any atom is 0.130 e. The average Bonchev–Trinajstić information content (AvgIpc) is 2.39. The lowest BCUT2D eigenvalue weighted by Crippen LogP contribution is -2.10. The molecule has 19 heavy (non-hydrogen) atoms. The molecule has 98 valence electrons. The van der Waals surface area contributed by atoms with Crippen molar-refractivity contribution in [3.63, 3.8) is 0 Å². The Kier molecular flexibility index (Phi) is 4.87. The number of pyridine rings is 1. The Bertz CT molecular complexity index is 555. The topological polar surface area (TPSA) is 48.1 Å². The van der Waals surface area contributed by atoms with E-state index in [4.69, 9.17) is 22.7 Å². The zero-order chi connectivity index (χ0) is 13.7. The molecular weight excluding hydrogens is 324 g/mol. The van der Waals surface area contributed by atoms with Gasteiger partial charge in [0.15, 0.2) is 0 Å². The van der Waals surface area contributed by atoms with E-state index in [0.717, 1.165) is 21.5 Å². The molecule has 2 rings (SSSR count). The van der Waals surface area contributed by atoms with Crippen molar-refractivity contribution >= 4 is 33.1 Å². The van der Waals surface area contributed by atoms with Crippen LogP contribution in [0, 0.1) is 0 Å². The maximum atomic E-state index is 5.65. The molecule has 0 saturated carbocycles. The van der Waals surface area contributed by atoms with Crippen LogP contribution in [0.5, 0.6) is 5.75 Å². The third-order valence-corrected chi connectivity index (χ3v) is 3.09. The third kappa shape index (κ3) is 4.61. The standard InChI is InChI=1S/C14H13BrN2OS/c15-11-3-4-12(17-8-11)9-18-13-5-1-10(2-6-13)7-14(16)19/h1-6,8H,7,9H2,(H2,16,19). The number of halogens is 1. The molecule has 0 bridgehead atoms. The van der Waals surface area contributed by atoms with Gasteiger partial charge in [0.05, 0.1) is 10.7 Å². The van der Waals surface area contributed by atoms with Crippen molar-refractivity contribution in [1.29, 1.82) is 0 Å². The molecule has 0 aliphatic heterocycles. The number of rotatable bonds is 5. The van der Waals surface area contributed by atoms with Crippen molar-refractivity contribution < 1.29 is 4.74 Å². The molecule has 1 aromatic carbocycles. The summed E-state index contributed by atoms with van der Waals surface area (Å²) in [5.74, 6) is 0.802. The van der Waals surface area contributed by atoms with E-state index in [9.17, 15) is 0 Å². The summed E-state index contributed by atoms with van der Waals surface area (Å²) in [6.45, 7) is 0.446. The van der Waals surface area contributed by atoms with Gasteiger partial charge in [0.25, 0.3) is 0 Å². The largest absolute Gasteiger partial charge is 0.487 e. The Morgan fingerprint density at radius 2 is 1.95 bits per heavy atom. The van der Waals surface area contributed by atoms with Crippen molar-refractivity contribution in [3.05, 3.63) is 58.3 Å². The van der Waals surface area contributed by atoms with Crippen molar-refractivity contribution in [2.45, 2.75) is 13.0 Å². The first kappa shape index (κ1) is 14.0. The highest BCUT2D eigenvalue weighted by molar-refractivity contribution is 9.10. The summed E-state index contributed by atoms with van der Waals surface area (Å²) in [5, 5.41) is 0. The van der Waals surface area contributed by atoms with Gasteiger partial charge >= 0.3 is 0 Å². The second-order valence-corrected chi connectivity index (χ2v) is 5.48. The van der Waals surface area contributed by atoms with Gasteiger partial charge in [0.2, 0.25) is 0 Å². The van der Waals surface area contributed by atoms with E-state index in [1.165, 1.54) is 0 Å². The lowest BCUT2D eigenvalue weighted by Gasteiger charge is -2.06. The SMILES string of the molecule is NC(=S)Cc1ccc(OCc2ccc(Br)cn2)cc1. The number of hydrogen-bond acceptors (Lipinski definition) is 3. The van der Waals surface area contributed by atoms with E-state index in [1.54, 1.807) is 6.20 Å². The van der Waals surface area contributed by atoms with Crippen LogP contribution in [-0.2, 0) is 13.0 Å². The molecule has 0 amide bonds. The van der Waals surface area contributed by atoms with Crippen LogP contribution < -0.4 is 10.5 Å². The number of ether oxygens (including phenoxy) is 1. The van der Waals surface area contributed by atoms with Crippen LogP contribution >= 0.6 is 28.1 Å². The minimum atomic E-state index is 0.446. The first-order valence-corrected chi connectivity index (χ1v) is 6.94. The van der Waals surface area contributed by atoms with E-state index in [-0.39, 0.29) is 0 Å². The molecule has 0 unspecified atom stereocenters. The Labute approximate surface area is 125 Å². The molecule has 0 radical (unpaired) electrons. The summed E-state index contributed by atoms with van der Waals surface area (Å²) >= 11 is 8.22. The Balaban J connectivity index is 1.92. The number of nitrogens with two attached hydrogens (primary N) is 1. The first-order valence-electron chi connectivity index (χ1n) is 5.74. The Morgan fingerprint density at radius 3 is 2.53 bits per heavy atom. The van der Waals surface area contributed by atoms with Crippen molar-refractivity contribution in [3.8, 4) is 5.75 Å². The number of benzene rings is 1. The quantitative estimate of drug-likeness (QED) is 0.851. The van der Waals surface area contributed by atoms with E-state index < -0.39 is 0 Å². The summed E-state index contributed by atoms with van der Waals surface area (Å²) in [5.41, 5.74) is 7.47. The molecule has 2 N–H and O–H groups in total. The lowest BCUT2D eigenvalue weighted by atomic mass is 10.1. The zero-order valence-corrected chi connectivity index (χ0v) is 12.6. The smallest absolute Gasteiger partial charge is 0.130 e. The molecule has 1 heterocycles. The van der Waals surface area contributed by atoms with Crippen LogP contribution in [-0.4, -0.2) is 9.97 Å². The molecule has 0 fully saturated rings. The molecule has 0 aliphatic rings. The van der Waals surface area contributed by atoms with E-state index >= 15 is 0 Å². The van der Waals surface area contributed by atoms with E-state index in [0.29, 0.717) is 18.0 Å². The molecule has 0 spiro atoms. The monoisotopic (exact) mass is 336 g/mol. The Hall–Kier alpha value is -1.46. The van der Waals surface area contributed by atoms with Crippen LogP contribution in [0.3, 0.4) is 0 Å². The maximum absolute atomic E-state index is 5.65. The molecule has 2 aromatic rings. The number of aromatic nitrogens is 1. The van der Waals surface area contributed by atoms with Crippen molar-refractivity contribution in [2.24, 2.45) is 5.73 Å². The fraction of sp³-hybridized carbons (Fsp3) is 0.143. The summed E-state index contributed by atoms with van der Waals surface area (Å²) in [6, 6.07) is 11.6. The average molecular weight is 337 g/mol. The van der Waals surface area contributed by atoms with Gasteiger partial charge in [-0.15, -0.1) is 0 Å². The minimum Gasteiger partial charge on any atom is -0.487 e. The lowest BCUT2D eigenvalue weighted by molar-refractivity contribution is 0.301. The van der Waals surface area contributed by atoms with Crippen LogP contribution in [0.4, 0.5) is 0 Å². The molecule has 5 heteroatoms. The highest BCUT2D eigenvalue weighted by atomic mass is 79.9. The summed E-state index contributed by atoms with van der Waals surface area (Å²) < 4.78 is 6.61. The molecular formula is C14H13BrN2OS. The predicted octanol–water partition coefficient (Wildman–Crippen LogP) is 3.25. The number of thiocarbonyl (C=S) groups is 1. The van der Waals surface area contributed by atoms with Gasteiger partial charge in [-0.3, -0.25) is 4.98 Å². The first-order chi connectivity index (χ1) is 9.13. The van der Waals surface area contributed by atoms with Crippen LogP contribution in [0.2, 0.25) is 0 Å². The van der Waals surface area contributed by atoms with Gasteiger partial charge < -0.3 is 10.5 Å². The van der Waals surface area contributed by atoms with Gasteiger partial charge in [-0.05, 0) is 45.8 Å². The van der Waals surface area contributed by atoms with Crippen LogP contribution in [0.25, 0.3) is 0 Å². The van der Waals surface area contributed by atoms with E-state index in [2.05, 4.69) is 20.9 Å². The second kappa shape index (κ2) is 6.63. The predicted molar refractivity (Wildman–Crippen MR) is 83.2 cm³/mol. The third-order valence-electron chi connectivity index (χ3n) is 2.48. The normalized spacial score (nSPS) is 10.2. The Morgan fingerprint density at radius 1 is 1.21 bits per heavy atom. The highest BCUT2D eigenvalue weighted by Crippen LogP contribution is 2.15. The fourth-order valence-corrected chi connectivity index (χ4v) is 1.96. The zero-order valence-electron chi connectivity index (χ0n) is 10.2. The van der Waals surface area contributed by atoms with Crippen molar-refractivity contribution in [1.82, 2.24) is 4.98 Å². The summed E-state index contributed by atoms with van der Waals surface area (Å²) in [6.07, 6.45) is 2.37. The fourth-order valence-electron chi connectivity index (χ4n) is 1.55. The van der Waals surface area contributed by atoms with E-state index in [1.807, 2.05) is 36.4 Å². The summed E-state index contributed by atoms with van der Waals surface area (Å²) in [7, 11) is 0. The highest BCUT2D eigenvalue weighted by Gasteiger charge is 1.99. The van der Waals surface area contributed by atoms with Crippen LogP contribution in [0.15, 0.2) is 47.1 Å². The molecule has 0 saturated heterocycles. The molecule has 1 aromatic heterocycles.